The van der Waals surface area contributed by atoms with Crippen LogP contribution in [0.15, 0.2) is 47.6 Å². The van der Waals surface area contributed by atoms with Gasteiger partial charge in [0.15, 0.2) is 0 Å². The number of hydrogen-bond donors (Lipinski definition) is 1. The number of hydrazone groups is 1. The first-order valence-electron chi connectivity index (χ1n) is 7.57. The van der Waals surface area contributed by atoms with Crippen molar-refractivity contribution in [2.45, 2.75) is 0 Å². The maximum absolute atomic E-state index is 12.1. The third-order valence-corrected chi connectivity index (χ3v) is 5.12. The summed E-state index contributed by atoms with van der Waals surface area (Å²) in [4.78, 5) is 22.3. The molecule has 0 fully saturated rings. The number of anilines is 1. The van der Waals surface area contributed by atoms with Crippen LogP contribution in [0.3, 0.4) is 0 Å². The fourth-order valence-electron chi connectivity index (χ4n) is 2.09. The molecule has 2 rings (SSSR count). The molecule has 0 heterocycles. The van der Waals surface area contributed by atoms with Crippen molar-refractivity contribution in [1.82, 2.24) is 5.43 Å². The highest BCUT2D eigenvalue weighted by Crippen LogP contribution is 2.21. The molecule has 0 aliphatic rings. The molecule has 0 aliphatic carbocycles. The van der Waals surface area contributed by atoms with E-state index in [2.05, 4.69) is 10.5 Å². The van der Waals surface area contributed by atoms with Crippen LogP contribution >= 0.6 is 23.2 Å². The second-order valence-corrected chi connectivity index (χ2v) is 8.25. The predicted octanol–water partition coefficient (Wildman–Crippen LogP) is 2.82. The van der Waals surface area contributed by atoms with E-state index in [1.165, 1.54) is 42.5 Å². The third-order valence-electron chi connectivity index (χ3n) is 3.39. The lowest BCUT2D eigenvalue weighted by atomic mass is 10.2. The molecule has 9 nitrogen and oxygen atoms in total. The molecule has 0 atom stereocenters. The Bertz CT molecular complexity index is 1030. The molecular weight excluding hydrogens is 431 g/mol. The van der Waals surface area contributed by atoms with Crippen LogP contribution in [0.4, 0.5) is 11.4 Å². The van der Waals surface area contributed by atoms with E-state index >= 15 is 0 Å². The first kappa shape index (κ1) is 21.6. The van der Waals surface area contributed by atoms with Crippen LogP contribution in [0.1, 0.15) is 5.56 Å². The van der Waals surface area contributed by atoms with Crippen LogP contribution in [0.25, 0.3) is 0 Å². The van der Waals surface area contributed by atoms with Crippen LogP contribution in [-0.2, 0) is 14.8 Å². The average Bonchev–Trinajstić information content (AvgIpc) is 2.61. The summed E-state index contributed by atoms with van der Waals surface area (Å²) in [5, 5.41) is 15.1. The van der Waals surface area contributed by atoms with Gasteiger partial charge in [-0.25, -0.2) is 13.8 Å². The van der Waals surface area contributed by atoms with E-state index in [1.807, 2.05) is 0 Å². The summed E-state index contributed by atoms with van der Waals surface area (Å²) in [7, 11) is -3.74. The highest BCUT2D eigenvalue weighted by Gasteiger charge is 2.20. The number of amides is 1. The number of carbonyl (C=O) groups is 1. The monoisotopic (exact) mass is 444 g/mol. The zero-order valence-corrected chi connectivity index (χ0v) is 16.7. The minimum Gasteiger partial charge on any atom is -0.271 e. The smallest absolute Gasteiger partial charge is 0.270 e. The summed E-state index contributed by atoms with van der Waals surface area (Å²) in [6, 6.07) is 9.66. The highest BCUT2D eigenvalue weighted by atomic mass is 35.5. The van der Waals surface area contributed by atoms with Gasteiger partial charge in [-0.1, -0.05) is 23.2 Å². The SMILES string of the molecule is CS(=O)(=O)N(CC(=O)N/N=C\c1cc([N+](=O)[O-])ccc1Cl)c1ccc(Cl)cc1. The molecule has 28 heavy (non-hydrogen) atoms. The minimum atomic E-state index is -3.74. The lowest BCUT2D eigenvalue weighted by Crippen LogP contribution is -2.39. The Hall–Kier alpha value is -2.69. The molecule has 0 unspecified atom stereocenters. The maximum Gasteiger partial charge on any atom is 0.270 e. The van der Waals surface area contributed by atoms with Crippen LogP contribution in [0, 0.1) is 10.1 Å². The van der Waals surface area contributed by atoms with Crippen molar-refractivity contribution in [3.63, 3.8) is 0 Å². The number of nitro benzene ring substituents is 1. The largest absolute Gasteiger partial charge is 0.271 e. The first-order chi connectivity index (χ1) is 13.1. The molecule has 2 aromatic rings. The Morgan fingerprint density at radius 1 is 1.25 bits per heavy atom. The Morgan fingerprint density at radius 3 is 2.46 bits per heavy atom. The Morgan fingerprint density at radius 2 is 1.89 bits per heavy atom. The number of sulfonamides is 1. The number of nitrogens with one attached hydrogen (secondary N) is 1. The van der Waals surface area contributed by atoms with Gasteiger partial charge in [0.2, 0.25) is 10.0 Å². The number of rotatable bonds is 7. The summed E-state index contributed by atoms with van der Waals surface area (Å²) >= 11 is 11.7. The molecule has 1 amide bonds. The summed E-state index contributed by atoms with van der Waals surface area (Å²) in [5.41, 5.74) is 2.44. The van der Waals surface area contributed by atoms with Crippen molar-refractivity contribution >= 4 is 56.7 Å². The molecule has 0 aliphatic heterocycles. The molecule has 12 heteroatoms. The van der Waals surface area contributed by atoms with Crippen molar-refractivity contribution < 1.29 is 18.1 Å². The number of carbonyl (C=O) groups excluding carboxylic acids is 1. The second kappa shape index (κ2) is 9.00. The number of nitro groups is 1. The van der Waals surface area contributed by atoms with E-state index in [1.54, 1.807) is 0 Å². The molecule has 0 radical (unpaired) electrons. The van der Waals surface area contributed by atoms with E-state index in [0.29, 0.717) is 5.02 Å². The van der Waals surface area contributed by atoms with Crippen LogP contribution in [0.2, 0.25) is 10.0 Å². The van der Waals surface area contributed by atoms with Gasteiger partial charge in [0.05, 0.1) is 23.1 Å². The van der Waals surface area contributed by atoms with Gasteiger partial charge < -0.3 is 0 Å². The Labute approximate surface area is 170 Å². The van der Waals surface area contributed by atoms with E-state index in [0.717, 1.165) is 16.8 Å². The van der Waals surface area contributed by atoms with Crippen molar-refractivity contribution in [2.75, 3.05) is 17.1 Å². The topological polar surface area (TPSA) is 122 Å². The van der Waals surface area contributed by atoms with Crippen LogP contribution in [0.5, 0.6) is 0 Å². The number of halogens is 2. The molecule has 0 spiro atoms. The van der Waals surface area contributed by atoms with Gasteiger partial charge in [-0.15, -0.1) is 0 Å². The summed E-state index contributed by atoms with van der Waals surface area (Å²) in [5.74, 6) is -0.724. The van der Waals surface area contributed by atoms with Gasteiger partial charge in [-0.2, -0.15) is 5.10 Å². The standard InChI is InChI=1S/C16H14Cl2N4O5S/c1-28(26,27)21(13-4-2-12(17)3-5-13)10-16(23)20-19-9-11-8-14(22(24)25)6-7-15(11)18/h2-9H,10H2,1H3,(H,20,23)/b19-9-. The Kier molecular flexibility index (Phi) is 6.95. The van der Waals surface area contributed by atoms with Gasteiger partial charge >= 0.3 is 0 Å². The first-order valence-corrected chi connectivity index (χ1v) is 10.2. The van der Waals surface area contributed by atoms with Crippen LogP contribution in [-0.4, -0.2) is 38.3 Å². The fraction of sp³-hybridized carbons (Fsp3) is 0.125. The van der Waals surface area contributed by atoms with Crippen molar-refractivity contribution in [2.24, 2.45) is 5.10 Å². The van der Waals surface area contributed by atoms with Gasteiger partial charge in [0.25, 0.3) is 11.6 Å². The second-order valence-electron chi connectivity index (χ2n) is 5.50. The molecule has 0 bridgehead atoms. The lowest BCUT2D eigenvalue weighted by molar-refractivity contribution is -0.384. The summed E-state index contributed by atoms with van der Waals surface area (Å²) < 4.78 is 24.9. The van der Waals surface area contributed by atoms with Gasteiger partial charge in [0.1, 0.15) is 6.54 Å². The fourth-order valence-corrected chi connectivity index (χ4v) is 3.24. The molecule has 0 aromatic heterocycles. The average molecular weight is 445 g/mol. The number of hydrogen-bond acceptors (Lipinski definition) is 6. The molecule has 2 aromatic carbocycles. The molecular formula is C16H14Cl2N4O5S. The summed E-state index contributed by atoms with van der Waals surface area (Å²) in [6.45, 7) is -0.527. The van der Waals surface area contributed by atoms with E-state index in [9.17, 15) is 23.3 Å². The van der Waals surface area contributed by atoms with E-state index < -0.39 is 27.4 Å². The van der Waals surface area contributed by atoms with Crippen LogP contribution < -0.4 is 9.73 Å². The van der Waals surface area contributed by atoms with E-state index in [-0.39, 0.29) is 22.0 Å². The molecule has 0 saturated heterocycles. The van der Waals surface area contributed by atoms with Gasteiger partial charge in [0, 0.05) is 27.7 Å². The number of non-ortho nitro benzene ring substituents is 1. The maximum atomic E-state index is 12.1. The minimum absolute atomic E-state index is 0.192. The normalized spacial score (nSPS) is 11.4. The lowest BCUT2D eigenvalue weighted by Gasteiger charge is -2.21. The predicted molar refractivity (Wildman–Crippen MR) is 107 cm³/mol. The molecule has 148 valence electrons. The zero-order valence-electron chi connectivity index (χ0n) is 14.4. The summed E-state index contributed by atoms with van der Waals surface area (Å²) in [6.07, 6.45) is 2.08. The van der Waals surface area contributed by atoms with Crippen molar-refractivity contribution in [1.29, 1.82) is 0 Å². The van der Waals surface area contributed by atoms with E-state index in [4.69, 9.17) is 23.2 Å². The number of benzene rings is 2. The molecule has 0 saturated carbocycles. The third kappa shape index (κ3) is 5.91. The van der Waals surface area contributed by atoms with Gasteiger partial charge in [-0.05, 0) is 30.3 Å². The molecule has 1 N–H and O–H groups in total. The van der Waals surface area contributed by atoms with Gasteiger partial charge in [-0.3, -0.25) is 19.2 Å². The highest BCUT2D eigenvalue weighted by molar-refractivity contribution is 7.92. The quantitative estimate of drug-likeness (QED) is 0.399. The zero-order chi connectivity index (χ0) is 20.9. The van der Waals surface area contributed by atoms with Crippen molar-refractivity contribution in [3.8, 4) is 0 Å². The number of nitrogens with zero attached hydrogens (tertiary/aromatic N) is 3. The Balaban J connectivity index is 2.11. The van der Waals surface area contributed by atoms with Crippen molar-refractivity contribution in [3.05, 3.63) is 68.2 Å².